The lowest BCUT2D eigenvalue weighted by Gasteiger charge is -2.07. The molecule has 0 fully saturated rings. The zero-order valence-corrected chi connectivity index (χ0v) is 10.9. The number of nitrogens with one attached hydrogen (secondary N) is 1. The van der Waals surface area contributed by atoms with Gasteiger partial charge in [0.05, 0.1) is 21.3 Å². The van der Waals surface area contributed by atoms with E-state index in [1.807, 2.05) is 10.8 Å². The molecule has 0 aliphatic rings. The summed E-state index contributed by atoms with van der Waals surface area (Å²) in [5.74, 6) is -0.331. The lowest BCUT2D eigenvalue weighted by molar-refractivity contribution is 0.102. The number of rotatable bonds is 2. The molecule has 2 rings (SSSR count). The number of nitrogens with two attached hydrogens (primary N) is 1. The van der Waals surface area contributed by atoms with Crippen LogP contribution in [0.1, 0.15) is 10.4 Å². The highest BCUT2D eigenvalue weighted by Crippen LogP contribution is 2.29. The Hall–Kier alpha value is -1.23. The molecule has 0 unspecified atom stereocenters. The van der Waals surface area contributed by atoms with Gasteiger partial charge in [0.2, 0.25) is 0 Å². The van der Waals surface area contributed by atoms with E-state index in [-0.39, 0.29) is 21.5 Å². The van der Waals surface area contributed by atoms with Crippen molar-refractivity contribution in [3.8, 4) is 0 Å². The summed E-state index contributed by atoms with van der Waals surface area (Å²) in [6.07, 6.45) is 0. The third-order valence-corrected chi connectivity index (χ3v) is 3.56. The fourth-order valence-corrected chi connectivity index (χ4v) is 2.32. The number of benzene rings is 1. The van der Waals surface area contributed by atoms with Crippen LogP contribution >= 0.6 is 34.5 Å². The highest BCUT2D eigenvalue weighted by molar-refractivity contribution is 7.08. The molecular formula is C11H8Cl2N2OS. The van der Waals surface area contributed by atoms with Crippen molar-refractivity contribution in [1.82, 2.24) is 0 Å². The number of nitrogen functional groups attached to an aromatic ring is 1. The molecule has 0 spiro atoms. The fourth-order valence-electron chi connectivity index (χ4n) is 1.31. The second kappa shape index (κ2) is 4.96. The van der Waals surface area contributed by atoms with Crippen molar-refractivity contribution >= 4 is 51.8 Å². The van der Waals surface area contributed by atoms with Crippen molar-refractivity contribution in [2.24, 2.45) is 0 Å². The molecule has 6 heteroatoms. The average molecular weight is 287 g/mol. The second-order valence-electron chi connectivity index (χ2n) is 3.33. The number of anilines is 2. The molecule has 0 saturated heterocycles. The van der Waals surface area contributed by atoms with Gasteiger partial charge in [-0.05, 0) is 23.6 Å². The van der Waals surface area contributed by atoms with Crippen LogP contribution in [0.5, 0.6) is 0 Å². The van der Waals surface area contributed by atoms with Crippen LogP contribution in [0, 0.1) is 0 Å². The summed E-state index contributed by atoms with van der Waals surface area (Å²) in [7, 11) is 0. The van der Waals surface area contributed by atoms with Gasteiger partial charge in [0.15, 0.2) is 0 Å². The molecule has 1 heterocycles. The summed E-state index contributed by atoms with van der Waals surface area (Å²) >= 11 is 13.3. The van der Waals surface area contributed by atoms with E-state index in [0.717, 1.165) is 5.69 Å². The fraction of sp³-hybridized carbons (Fsp3) is 0. The second-order valence-corrected chi connectivity index (χ2v) is 4.90. The SMILES string of the molecule is Nc1cc(Cl)c(Cl)c(C(=O)Nc2ccsc2)c1. The van der Waals surface area contributed by atoms with Gasteiger partial charge < -0.3 is 11.1 Å². The summed E-state index contributed by atoms with van der Waals surface area (Å²) in [6.45, 7) is 0. The molecule has 0 aliphatic carbocycles. The van der Waals surface area contributed by atoms with E-state index in [0.29, 0.717) is 5.69 Å². The van der Waals surface area contributed by atoms with E-state index in [4.69, 9.17) is 28.9 Å². The monoisotopic (exact) mass is 286 g/mol. The predicted molar refractivity (Wildman–Crippen MR) is 73.1 cm³/mol. The number of halogens is 2. The first-order valence-corrected chi connectivity index (χ1v) is 6.36. The van der Waals surface area contributed by atoms with Crippen molar-refractivity contribution in [3.63, 3.8) is 0 Å². The number of amides is 1. The van der Waals surface area contributed by atoms with Crippen molar-refractivity contribution < 1.29 is 4.79 Å². The quantitative estimate of drug-likeness (QED) is 0.823. The lowest BCUT2D eigenvalue weighted by Crippen LogP contribution is -2.12. The van der Waals surface area contributed by atoms with Gasteiger partial charge in [-0.25, -0.2) is 0 Å². The van der Waals surface area contributed by atoms with Gasteiger partial charge in [0, 0.05) is 11.1 Å². The Labute approximate surface area is 112 Å². The molecule has 3 nitrogen and oxygen atoms in total. The smallest absolute Gasteiger partial charge is 0.257 e. The normalized spacial score (nSPS) is 10.2. The maximum absolute atomic E-state index is 11.9. The largest absolute Gasteiger partial charge is 0.399 e. The summed E-state index contributed by atoms with van der Waals surface area (Å²) < 4.78 is 0. The summed E-state index contributed by atoms with van der Waals surface area (Å²) in [5, 5.41) is 6.86. The van der Waals surface area contributed by atoms with E-state index < -0.39 is 0 Å². The highest BCUT2D eigenvalue weighted by atomic mass is 35.5. The molecular weight excluding hydrogens is 279 g/mol. The van der Waals surface area contributed by atoms with Gasteiger partial charge in [-0.3, -0.25) is 4.79 Å². The molecule has 0 bridgehead atoms. The molecule has 3 N–H and O–H groups in total. The molecule has 0 saturated carbocycles. The molecule has 0 radical (unpaired) electrons. The topological polar surface area (TPSA) is 55.1 Å². The minimum atomic E-state index is -0.331. The Bertz CT molecular complexity index is 555. The van der Waals surface area contributed by atoms with Gasteiger partial charge in [-0.1, -0.05) is 23.2 Å². The van der Waals surface area contributed by atoms with Crippen LogP contribution in [-0.2, 0) is 0 Å². The molecule has 88 valence electrons. The van der Waals surface area contributed by atoms with Gasteiger partial charge in [0.25, 0.3) is 5.91 Å². The summed E-state index contributed by atoms with van der Waals surface area (Å²) in [4.78, 5) is 11.9. The first-order valence-electron chi connectivity index (χ1n) is 4.66. The maximum Gasteiger partial charge on any atom is 0.257 e. The molecule has 17 heavy (non-hydrogen) atoms. The number of carbonyl (C=O) groups excluding carboxylic acids is 1. The van der Waals surface area contributed by atoms with Crippen molar-refractivity contribution in [2.45, 2.75) is 0 Å². The first kappa shape index (κ1) is 12.2. The average Bonchev–Trinajstić information content (AvgIpc) is 2.76. The Morgan fingerprint density at radius 1 is 1.35 bits per heavy atom. The van der Waals surface area contributed by atoms with E-state index >= 15 is 0 Å². The van der Waals surface area contributed by atoms with Crippen LogP contribution in [0.4, 0.5) is 11.4 Å². The zero-order valence-electron chi connectivity index (χ0n) is 8.54. The van der Waals surface area contributed by atoms with Crippen LogP contribution in [0.2, 0.25) is 10.0 Å². The van der Waals surface area contributed by atoms with Gasteiger partial charge in [-0.15, -0.1) is 0 Å². The van der Waals surface area contributed by atoms with Crippen LogP contribution in [0.3, 0.4) is 0 Å². The number of thiophene rings is 1. The van der Waals surface area contributed by atoms with E-state index in [2.05, 4.69) is 5.32 Å². The predicted octanol–water partition coefficient (Wildman–Crippen LogP) is 3.89. The Balaban J connectivity index is 2.31. The number of hydrogen-bond donors (Lipinski definition) is 2. The van der Waals surface area contributed by atoms with Crippen molar-refractivity contribution in [2.75, 3.05) is 11.1 Å². The number of hydrogen-bond acceptors (Lipinski definition) is 3. The highest BCUT2D eigenvalue weighted by Gasteiger charge is 2.14. The van der Waals surface area contributed by atoms with Crippen molar-refractivity contribution in [3.05, 3.63) is 44.6 Å². The van der Waals surface area contributed by atoms with Crippen molar-refractivity contribution in [1.29, 1.82) is 0 Å². The Morgan fingerprint density at radius 2 is 2.12 bits per heavy atom. The minimum Gasteiger partial charge on any atom is -0.399 e. The minimum absolute atomic E-state index is 0.202. The van der Waals surface area contributed by atoms with E-state index in [1.165, 1.54) is 23.5 Å². The van der Waals surface area contributed by atoms with Crippen LogP contribution in [0.25, 0.3) is 0 Å². The van der Waals surface area contributed by atoms with Gasteiger partial charge in [-0.2, -0.15) is 11.3 Å². The number of carbonyl (C=O) groups is 1. The zero-order chi connectivity index (χ0) is 12.4. The van der Waals surface area contributed by atoms with Gasteiger partial charge in [0.1, 0.15) is 0 Å². The molecule has 1 aromatic carbocycles. The third-order valence-electron chi connectivity index (χ3n) is 2.07. The summed E-state index contributed by atoms with van der Waals surface area (Å²) in [6, 6.07) is 4.80. The van der Waals surface area contributed by atoms with Crippen LogP contribution < -0.4 is 11.1 Å². The lowest BCUT2D eigenvalue weighted by atomic mass is 10.2. The Morgan fingerprint density at radius 3 is 2.76 bits per heavy atom. The molecule has 0 aliphatic heterocycles. The molecule has 1 aromatic heterocycles. The van der Waals surface area contributed by atoms with E-state index in [9.17, 15) is 4.79 Å². The first-order chi connectivity index (χ1) is 8.08. The van der Waals surface area contributed by atoms with Crippen LogP contribution in [0.15, 0.2) is 29.0 Å². The van der Waals surface area contributed by atoms with Gasteiger partial charge >= 0.3 is 0 Å². The molecule has 2 aromatic rings. The maximum atomic E-state index is 11.9. The Kier molecular flexibility index (Phi) is 3.57. The molecule has 1 amide bonds. The summed E-state index contributed by atoms with van der Waals surface area (Å²) in [5.41, 5.74) is 7.00. The third kappa shape index (κ3) is 2.72. The van der Waals surface area contributed by atoms with Crippen LogP contribution in [-0.4, -0.2) is 5.91 Å². The standard InChI is InChI=1S/C11H8Cl2N2OS/c12-9-4-6(14)3-8(10(9)13)11(16)15-7-1-2-17-5-7/h1-5H,14H2,(H,15,16). The molecule has 0 atom stereocenters. The van der Waals surface area contributed by atoms with E-state index in [1.54, 1.807) is 6.07 Å².